The van der Waals surface area contributed by atoms with Crippen LogP contribution in [-0.4, -0.2) is 24.1 Å². The lowest BCUT2D eigenvalue weighted by molar-refractivity contribution is 0.618. The Hall–Kier alpha value is -3.59. The Kier molecular flexibility index (Phi) is 5.20. The number of fused-ring (bicyclic) bond motifs is 1. The first-order valence-electron chi connectivity index (χ1n) is 10.2. The maximum absolute atomic E-state index is 14.8. The van der Waals surface area contributed by atoms with Gasteiger partial charge in [-0.2, -0.15) is 0 Å². The van der Waals surface area contributed by atoms with E-state index >= 15 is 0 Å². The molecule has 0 aliphatic carbocycles. The molecule has 2 aromatic carbocycles. The summed E-state index contributed by atoms with van der Waals surface area (Å²) in [4.78, 5) is 13.5. The van der Waals surface area contributed by atoms with Gasteiger partial charge in [0.05, 0.1) is 27.7 Å². The van der Waals surface area contributed by atoms with Crippen molar-refractivity contribution in [3.63, 3.8) is 0 Å². The van der Waals surface area contributed by atoms with Crippen molar-refractivity contribution in [3.8, 4) is 17.1 Å². The van der Waals surface area contributed by atoms with E-state index in [4.69, 9.17) is 4.98 Å². The second-order valence-corrected chi connectivity index (χ2v) is 8.67. The average molecular weight is 509 g/mol. The highest BCUT2D eigenvalue weighted by Crippen LogP contribution is 2.32. The van der Waals surface area contributed by atoms with Crippen molar-refractivity contribution in [3.05, 3.63) is 82.5 Å². The van der Waals surface area contributed by atoms with Crippen LogP contribution in [0.5, 0.6) is 0 Å². The van der Waals surface area contributed by atoms with Crippen LogP contribution in [0.1, 0.15) is 11.4 Å². The van der Waals surface area contributed by atoms with Gasteiger partial charge in [-0.05, 0) is 72.2 Å². The molecule has 3 heterocycles. The highest BCUT2D eigenvalue weighted by atomic mass is 79.9. The molecule has 0 fully saturated rings. The molecule has 0 atom stereocenters. The quantitative estimate of drug-likeness (QED) is 0.313. The zero-order chi connectivity index (χ0) is 23.3. The van der Waals surface area contributed by atoms with Gasteiger partial charge < -0.3 is 14.5 Å². The molecule has 5 aromatic rings. The summed E-state index contributed by atoms with van der Waals surface area (Å²) in [7, 11) is 1.90. The fraction of sp³-hybridized carbons (Fsp3) is 0.125. The van der Waals surface area contributed by atoms with Crippen LogP contribution in [0.2, 0.25) is 0 Å². The van der Waals surface area contributed by atoms with Crippen LogP contribution in [0.3, 0.4) is 0 Å². The number of imidazole rings is 2. The van der Waals surface area contributed by atoms with Crippen molar-refractivity contribution < 1.29 is 8.78 Å². The first-order chi connectivity index (χ1) is 15.8. The van der Waals surface area contributed by atoms with E-state index in [1.54, 1.807) is 41.4 Å². The Bertz CT molecular complexity index is 1520. The van der Waals surface area contributed by atoms with Crippen LogP contribution in [0.15, 0.2) is 59.5 Å². The molecule has 5 rings (SSSR count). The summed E-state index contributed by atoms with van der Waals surface area (Å²) in [5, 5.41) is 3.20. The molecule has 166 valence electrons. The van der Waals surface area contributed by atoms with E-state index in [-0.39, 0.29) is 11.6 Å². The van der Waals surface area contributed by atoms with E-state index in [0.29, 0.717) is 33.0 Å². The minimum absolute atomic E-state index is 0.339. The molecule has 6 nitrogen and oxygen atoms in total. The first kappa shape index (κ1) is 21.3. The summed E-state index contributed by atoms with van der Waals surface area (Å²) < 4.78 is 32.5. The van der Waals surface area contributed by atoms with Crippen molar-refractivity contribution in [2.45, 2.75) is 13.8 Å². The molecule has 1 N–H and O–H groups in total. The number of nitrogens with zero attached hydrogens (tertiary/aromatic N) is 5. The third-order valence-electron chi connectivity index (χ3n) is 5.38. The predicted molar refractivity (Wildman–Crippen MR) is 128 cm³/mol. The molecule has 0 radical (unpaired) electrons. The lowest BCUT2D eigenvalue weighted by atomic mass is 10.2. The Morgan fingerprint density at radius 3 is 2.45 bits per heavy atom. The second-order valence-electron chi connectivity index (χ2n) is 7.82. The van der Waals surface area contributed by atoms with Crippen LogP contribution in [-0.2, 0) is 7.05 Å². The van der Waals surface area contributed by atoms with Gasteiger partial charge in [-0.3, -0.25) is 0 Å². The normalized spacial score (nSPS) is 11.3. The van der Waals surface area contributed by atoms with E-state index in [0.717, 1.165) is 22.5 Å². The van der Waals surface area contributed by atoms with Crippen molar-refractivity contribution in [1.29, 1.82) is 0 Å². The third kappa shape index (κ3) is 3.89. The summed E-state index contributed by atoms with van der Waals surface area (Å²) >= 11 is 3.23. The number of hydrogen-bond donors (Lipinski definition) is 1. The van der Waals surface area contributed by atoms with Gasteiger partial charge in [0.2, 0.25) is 0 Å². The summed E-state index contributed by atoms with van der Waals surface area (Å²) in [6, 6.07) is 11.6. The number of benzene rings is 2. The van der Waals surface area contributed by atoms with Gasteiger partial charge in [0.15, 0.2) is 5.82 Å². The monoisotopic (exact) mass is 508 g/mol. The number of aromatic nitrogens is 5. The summed E-state index contributed by atoms with van der Waals surface area (Å²) in [6.07, 6.45) is 3.34. The average Bonchev–Trinajstić information content (AvgIpc) is 3.34. The highest BCUT2D eigenvalue weighted by molar-refractivity contribution is 9.10. The van der Waals surface area contributed by atoms with Crippen LogP contribution in [0.25, 0.3) is 28.1 Å². The zero-order valence-electron chi connectivity index (χ0n) is 18.1. The number of aryl methyl sites for hydroxylation is 3. The Morgan fingerprint density at radius 2 is 1.76 bits per heavy atom. The molecule has 0 bridgehead atoms. The van der Waals surface area contributed by atoms with Gasteiger partial charge in [-0.15, -0.1) is 0 Å². The molecule has 3 aromatic heterocycles. The summed E-state index contributed by atoms with van der Waals surface area (Å²) in [5.74, 6) is 0.449. The standard InChI is InChI=1S/C24H19BrF2N6/c1-13-8-21-22(31-24(32(21)3)15-4-6-18(26)17(25)9-15)23(29-13)30-16-5-7-20(19(27)10-16)33-11-14(2)28-12-33/h4-12H,1-3H3,(H,29,30). The van der Waals surface area contributed by atoms with E-state index in [9.17, 15) is 8.78 Å². The first-order valence-corrected chi connectivity index (χ1v) is 11.0. The molecule has 9 heteroatoms. The van der Waals surface area contributed by atoms with Gasteiger partial charge in [-0.25, -0.2) is 23.7 Å². The summed E-state index contributed by atoms with van der Waals surface area (Å²) in [6.45, 7) is 3.74. The van der Waals surface area contributed by atoms with Gasteiger partial charge in [0.1, 0.15) is 23.0 Å². The van der Waals surface area contributed by atoms with Gasteiger partial charge >= 0.3 is 0 Å². The van der Waals surface area contributed by atoms with E-state index < -0.39 is 0 Å². The van der Waals surface area contributed by atoms with Gasteiger partial charge in [-0.1, -0.05) is 0 Å². The topological polar surface area (TPSA) is 60.6 Å². The Balaban J connectivity index is 1.56. The number of halogens is 3. The van der Waals surface area contributed by atoms with Gasteiger partial charge in [0.25, 0.3) is 0 Å². The van der Waals surface area contributed by atoms with E-state index in [1.807, 2.05) is 31.5 Å². The van der Waals surface area contributed by atoms with E-state index in [2.05, 4.69) is 31.2 Å². The van der Waals surface area contributed by atoms with Crippen molar-refractivity contribution >= 4 is 38.5 Å². The third-order valence-corrected chi connectivity index (χ3v) is 5.98. The molecule has 0 aliphatic rings. The van der Waals surface area contributed by atoms with Crippen LogP contribution >= 0.6 is 15.9 Å². The molecule has 0 spiro atoms. The lowest BCUT2D eigenvalue weighted by Gasteiger charge is -2.10. The molecular formula is C24H19BrF2N6. The molecule has 33 heavy (non-hydrogen) atoms. The maximum Gasteiger partial charge on any atom is 0.158 e. The van der Waals surface area contributed by atoms with Crippen LogP contribution in [0.4, 0.5) is 20.3 Å². The number of rotatable bonds is 4. The van der Waals surface area contributed by atoms with Crippen molar-refractivity contribution in [1.82, 2.24) is 24.1 Å². The molecule has 0 unspecified atom stereocenters. The molecule has 0 saturated heterocycles. The molecule has 0 saturated carbocycles. The minimum Gasteiger partial charge on any atom is -0.338 e. The number of pyridine rings is 1. The van der Waals surface area contributed by atoms with Crippen molar-refractivity contribution in [2.24, 2.45) is 7.05 Å². The summed E-state index contributed by atoms with van der Waals surface area (Å²) in [5.41, 5.74) is 4.79. The van der Waals surface area contributed by atoms with E-state index in [1.165, 1.54) is 12.1 Å². The predicted octanol–water partition coefficient (Wildman–Crippen LogP) is 6.22. The molecular weight excluding hydrogens is 490 g/mol. The minimum atomic E-state index is -0.390. The number of anilines is 2. The smallest absolute Gasteiger partial charge is 0.158 e. The van der Waals surface area contributed by atoms with Crippen molar-refractivity contribution in [2.75, 3.05) is 5.32 Å². The molecule has 0 amide bonds. The lowest BCUT2D eigenvalue weighted by Crippen LogP contribution is -2.00. The number of hydrogen-bond acceptors (Lipinski definition) is 4. The van der Waals surface area contributed by atoms with Crippen LogP contribution < -0.4 is 5.32 Å². The Morgan fingerprint density at radius 1 is 0.939 bits per heavy atom. The largest absolute Gasteiger partial charge is 0.338 e. The maximum atomic E-state index is 14.8. The fourth-order valence-electron chi connectivity index (χ4n) is 3.77. The number of nitrogens with one attached hydrogen (secondary N) is 1. The fourth-order valence-corrected chi connectivity index (χ4v) is 4.15. The SMILES string of the molecule is Cc1cn(-c2ccc(Nc3nc(C)cc4c3nc(-c3ccc(F)c(Br)c3)n4C)cc2F)cn1. The zero-order valence-corrected chi connectivity index (χ0v) is 19.7. The molecule has 0 aliphatic heterocycles. The van der Waals surface area contributed by atoms with Gasteiger partial charge in [0, 0.05) is 30.2 Å². The second kappa shape index (κ2) is 8.08. The Labute approximate surface area is 197 Å². The van der Waals surface area contributed by atoms with Crippen LogP contribution in [0, 0.1) is 25.5 Å². The highest BCUT2D eigenvalue weighted by Gasteiger charge is 2.17.